The highest BCUT2D eigenvalue weighted by Crippen LogP contribution is 2.28. The van der Waals surface area contributed by atoms with Gasteiger partial charge in [-0.15, -0.1) is 11.3 Å². The largest absolute Gasteiger partial charge is 0.369 e. The van der Waals surface area contributed by atoms with E-state index in [0.717, 1.165) is 23.4 Å². The quantitative estimate of drug-likeness (QED) is 0.688. The van der Waals surface area contributed by atoms with Crippen LogP contribution in [0.3, 0.4) is 0 Å². The molecule has 0 aliphatic heterocycles. The number of hydrogen-bond acceptors (Lipinski definition) is 5. The van der Waals surface area contributed by atoms with Crippen LogP contribution < -0.4 is 16.8 Å². The number of carbonyl (C=O) groups excluding carboxylic acids is 2. The van der Waals surface area contributed by atoms with Crippen molar-refractivity contribution >= 4 is 33.4 Å². The van der Waals surface area contributed by atoms with Gasteiger partial charge >= 0.3 is 0 Å². The molecule has 2 amide bonds. The molecule has 1 aromatic carbocycles. The molecule has 142 valence electrons. The van der Waals surface area contributed by atoms with Crippen molar-refractivity contribution in [3.8, 4) is 0 Å². The van der Waals surface area contributed by atoms with Crippen molar-refractivity contribution < 1.29 is 9.59 Å². The Hall–Kier alpha value is -1.99. The van der Waals surface area contributed by atoms with Crippen molar-refractivity contribution in [2.45, 2.75) is 45.4 Å². The molecule has 1 aromatic heterocycles. The number of rotatable bonds is 7. The highest BCUT2D eigenvalue weighted by Gasteiger charge is 2.26. The van der Waals surface area contributed by atoms with Crippen molar-refractivity contribution in [2.75, 3.05) is 13.1 Å². The van der Waals surface area contributed by atoms with E-state index in [1.54, 1.807) is 11.3 Å². The minimum absolute atomic E-state index is 0.0394. The van der Waals surface area contributed by atoms with Gasteiger partial charge in [-0.3, -0.25) is 9.59 Å². The second kappa shape index (κ2) is 9.64. The monoisotopic (exact) mass is 376 g/mol. The number of aromatic nitrogens is 1. The van der Waals surface area contributed by atoms with Crippen LogP contribution in [-0.4, -0.2) is 29.9 Å². The van der Waals surface area contributed by atoms with Gasteiger partial charge in [-0.05, 0) is 36.5 Å². The van der Waals surface area contributed by atoms with Gasteiger partial charge in [0.2, 0.25) is 11.8 Å². The van der Waals surface area contributed by atoms with Gasteiger partial charge in [0.25, 0.3) is 0 Å². The van der Waals surface area contributed by atoms with Crippen LogP contribution >= 0.6 is 11.3 Å². The molecule has 0 radical (unpaired) electrons. The van der Waals surface area contributed by atoms with E-state index in [1.165, 1.54) is 10.3 Å². The molecule has 2 aromatic rings. The normalized spacial score (nSPS) is 13.4. The number of aryl methyl sites for hydroxylation is 1. The maximum atomic E-state index is 11.5. The molecule has 1 saturated carbocycles. The molecule has 26 heavy (non-hydrogen) atoms. The molecule has 3 rings (SSSR count). The Morgan fingerprint density at radius 3 is 2.62 bits per heavy atom. The standard InChI is InChI=1S/C15H21N3OS.C4H7NO/c1-10(2)11-3-4-12-13(9-11)20-15(18-12)6-5-14(19)17-8-7-16;5-4(6)3-1-2-3/h3-4,9-10H,5-8,16H2,1-2H3,(H,17,19);3H,1-2H2,(H2,5,6). The highest BCUT2D eigenvalue weighted by molar-refractivity contribution is 7.18. The summed E-state index contributed by atoms with van der Waals surface area (Å²) >= 11 is 1.68. The van der Waals surface area contributed by atoms with E-state index in [-0.39, 0.29) is 17.7 Å². The smallest absolute Gasteiger partial charge is 0.220 e. The molecule has 1 aliphatic carbocycles. The Labute approximate surface area is 158 Å². The summed E-state index contributed by atoms with van der Waals surface area (Å²) in [5.74, 6) is 0.671. The van der Waals surface area contributed by atoms with E-state index < -0.39 is 0 Å². The van der Waals surface area contributed by atoms with Gasteiger partial charge in [-0.2, -0.15) is 0 Å². The summed E-state index contributed by atoms with van der Waals surface area (Å²) in [6.07, 6.45) is 3.20. The summed E-state index contributed by atoms with van der Waals surface area (Å²) in [5, 5.41) is 3.79. The first-order valence-electron chi connectivity index (χ1n) is 9.06. The predicted molar refractivity (Wildman–Crippen MR) is 106 cm³/mol. The molecule has 0 atom stereocenters. The summed E-state index contributed by atoms with van der Waals surface area (Å²) in [7, 11) is 0. The number of thiazole rings is 1. The van der Waals surface area contributed by atoms with Crippen molar-refractivity contribution in [3.05, 3.63) is 28.8 Å². The van der Waals surface area contributed by atoms with Crippen LogP contribution in [0.5, 0.6) is 0 Å². The van der Waals surface area contributed by atoms with E-state index in [9.17, 15) is 9.59 Å². The van der Waals surface area contributed by atoms with Gasteiger partial charge in [0.15, 0.2) is 0 Å². The molecule has 7 heteroatoms. The van der Waals surface area contributed by atoms with E-state index in [4.69, 9.17) is 11.5 Å². The second-order valence-corrected chi connectivity index (χ2v) is 7.92. The first kappa shape index (κ1) is 20.3. The molecule has 0 spiro atoms. The summed E-state index contributed by atoms with van der Waals surface area (Å²) < 4.78 is 1.20. The van der Waals surface area contributed by atoms with Crippen LogP contribution in [0.15, 0.2) is 18.2 Å². The fraction of sp³-hybridized carbons (Fsp3) is 0.526. The second-order valence-electron chi connectivity index (χ2n) is 6.80. The van der Waals surface area contributed by atoms with Crippen molar-refractivity contribution in [1.82, 2.24) is 10.3 Å². The zero-order valence-corrected chi connectivity index (χ0v) is 16.3. The van der Waals surface area contributed by atoms with Crippen molar-refractivity contribution in [2.24, 2.45) is 17.4 Å². The van der Waals surface area contributed by atoms with Crippen molar-refractivity contribution in [3.63, 3.8) is 0 Å². The van der Waals surface area contributed by atoms with E-state index >= 15 is 0 Å². The van der Waals surface area contributed by atoms with Crippen LogP contribution in [0.1, 0.15) is 49.6 Å². The van der Waals surface area contributed by atoms with Crippen LogP contribution in [0.4, 0.5) is 0 Å². The Morgan fingerprint density at radius 1 is 1.35 bits per heavy atom. The lowest BCUT2D eigenvalue weighted by atomic mass is 10.0. The lowest BCUT2D eigenvalue weighted by Crippen LogP contribution is -2.29. The van der Waals surface area contributed by atoms with Gasteiger partial charge in [0.1, 0.15) is 0 Å². The molecule has 0 bridgehead atoms. The fourth-order valence-electron chi connectivity index (χ4n) is 2.34. The number of amides is 2. The molecule has 1 heterocycles. The zero-order chi connectivity index (χ0) is 19.1. The molecular weight excluding hydrogens is 348 g/mol. The Kier molecular flexibility index (Phi) is 7.53. The third kappa shape index (κ3) is 6.38. The number of primary amides is 1. The lowest BCUT2D eigenvalue weighted by Gasteiger charge is -2.03. The molecule has 1 fully saturated rings. The van der Waals surface area contributed by atoms with E-state index in [2.05, 4.69) is 42.3 Å². The van der Waals surface area contributed by atoms with E-state index in [1.807, 2.05) is 0 Å². The first-order chi connectivity index (χ1) is 12.4. The number of hydrogen-bond donors (Lipinski definition) is 3. The van der Waals surface area contributed by atoms with Crippen LogP contribution in [0.2, 0.25) is 0 Å². The molecule has 1 aliphatic rings. The fourth-order valence-corrected chi connectivity index (χ4v) is 3.36. The number of nitrogens with one attached hydrogen (secondary N) is 1. The maximum absolute atomic E-state index is 11.5. The van der Waals surface area contributed by atoms with Crippen LogP contribution in [0, 0.1) is 5.92 Å². The number of fused-ring (bicyclic) bond motifs is 1. The molecular formula is C19H28N4O2S. The summed E-state index contributed by atoms with van der Waals surface area (Å²) in [6, 6.07) is 6.40. The summed E-state index contributed by atoms with van der Waals surface area (Å²) in [5.41, 5.74) is 12.6. The maximum Gasteiger partial charge on any atom is 0.220 e. The molecule has 6 nitrogen and oxygen atoms in total. The number of carbonyl (C=O) groups is 2. The van der Waals surface area contributed by atoms with Gasteiger partial charge < -0.3 is 16.8 Å². The Morgan fingerprint density at radius 2 is 2.08 bits per heavy atom. The van der Waals surface area contributed by atoms with Gasteiger partial charge in [-0.1, -0.05) is 19.9 Å². The Balaban J connectivity index is 0.000000342. The number of nitrogens with zero attached hydrogens (tertiary/aromatic N) is 1. The van der Waals surface area contributed by atoms with Crippen molar-refractivity contribution in [1.29, 1.82) is 0 Å². The predicted octanol–water partition coefficient (Wildman–Crippen LogP) is 2.31. The molecule has 5 N–H and O–H groups in total. The first-order valence-corrected chi connectivity index (χ1v) is 9.87. The average molecular weight is 377 g/mol. The summed E-state index contributed by atoms with van der Waals surface area (Å²) in [6.45, 7) is 5.39. The third-order valence-corrected chi connectivity index (χ3v) is 5.21. The van der Waals surface area contributed by atoms with E-state index in [0.29, 0.717) is 31.8 Å². The molecule has 0 unspecified atom stereocenters. The molecule has 0 saturated heterocycles. The van der Waals surface area contributed by atoms with Gasteiger partial charge in [0.05, 0.1) is 15.2 Å². The lowest BCUT2D eigenvalue weighted by molar-refractivity contribution is -0.121. The van der Waals surface area contributed by atoms with Gasteiger partial charge in [0, 0.05) is 31.8 Å². The zero-order valence-electron chi connectivity index (χ0n) is 15.5. The number of benzene rings is 1. The highest BCUT2D eigenvalue weighted by atomic mass is 32.1. The topological polar surface area (TPSA) is 111 Å². The van der Waals surface area contributed by atoms with Crippen LogP contribution in [-0.2, 0) is 16.0 Å². The van der Waals surface area contributed by atoms with Gasteiger partial charge in [-0.25, -0.2) is 4.98 Å². The third-order valence-electron chi connectivity index (χ3n) is 4.14. The minimum Gasteiger partial charge on any atom is -0.369 e. The Bertz CT molecular complexity index is 753. The minimum atomic E-state index is -0.130. The number of nitrogens with two attached hydrogens (primary N) is 2. The SMILES string of the molecule is CC(C)c1ccc2nc(CCC(=O)NCCN)sc2c1.NC(=O)C1CC1. The van der Waals surface area contributed by atoms with Crippen LogP contribution in [0.25, 0.3) is 10.2 Å². The summed E-state index contributed by atoms with van der Waals surface area (Å²) in [4.78, 5) is 26.1. The average Bonchev–Trinajstić information content (AvgIpc) is 3.38.